The Labute approximate surface area is 93.4 Å². The second kappa shape index (κ2) is 5.17. The molecule has 0 saturated heterocycles. The Hall–Kier alpha value is -1.81. The molecule has 0 aromatic carbocycles. The van der Waals surface area contributed by atoms with E-state index in [1.165, 1.54) is 12.3 Å². The first-order valence-electron chi connectivity index (χ1n) is 3.85. The van der Waals surface area contributed by atoms with Crippen LogP contribution in [-0.2, 0) is 4.79 Å². The quantitative estimate of drug-likeness (QED) is 0.613. The number of furan rings is 1. The van der Waals surface area contributed by atoms with Gasteiger partial charge in [-0.25, -0.2) is 0 Å². The van der Waals surface area contributed by atoms with Crippen molar-refractivity contribution in [1.82, 2.24) is 10.6 Å². The number of halogens is 1. The average Bonchev–Trinajstić information content (AvgIpc) is 2.62. The summed E-state index contributed by atoms with van der Waals surface area (Å²) in [5, 5.41) is 12.3. The zero-order chi connectivity index (χ0) is 11.3. The number of carbonyl (C=O) groups excluding carboxylic acids is 2. The van der Waals surface area contributed by atoms with E-state index in [0.717, 1.165) is 0 Å². The van der Waals surface area contributed by atoms with Gasteiger partial charge in [0.25, 0.3) is 11.8 Å². The summed E-state index contributed by atoms with van der Waals surface area (Å²) in [6, 6.07) is 3.02. The number of nitrogens with zero attached hydrogens (tertiary/aromatic N) is 1. The van der Waals surface area contributed by atoms with E-state index in [9.17, 15) is 9.59 Å². The lowest BCUT2D eigenvalue weighted by atomic mass is 10.4. The van der Waals surface area contributed by atoms with Gasteiger partial charge in [0.2, 0.25) is 0 Å². The van der Waals surface area contributed by atoms with E-state index in [2.05, 4.69) is 21.2 Å². The fourth-order valence-electron chi connectivity index (χ4n) is 0.791. The highest BCUT2D eigenvalue weighted by molar-refractivity contribution is 9.10. The molecule has 0 fully saturated rings. The van der Waals surface area contributed by atoms with Crippen molar-refractivity contribution in [3.05, 3.63) is 22.6 Å². The van der Waals surface area contributed by atoms with Crippen LogP contribution in [0.15, 0.2) is 21.2 Å². The molecule has 1 aromatic heterocycles. The number of rotatable bonds is 3. The van der Waals surface area contributed by atoms with E-state index >= 15 is 0 Å². The van der Waals surface area contributed by atoms with Crippen molar-refractivity contribution < 1.29 is 14.0 Å². The lowest BCUT2D eigenvalue weighted by Gasteiger charge is -1.99. The maximum absolute atomic E-state index is 11.3. The van der Waals surface area contributed by atoms with Gasteiger partial charge in [-0.2, -0.15) is 5.26 Å². The first kappa shape index (κ1) is 11.3. The van der Waals surface area contributed by atoms with Crippen LogP contribution in [0.5, 0.6) is 0 Å². The molecule has 1 aromatic rings. The second-order valence-electron chi connectivity index (χ2n) is 2.45. The van der Waals surface area contributed by atoms with Gasteiger partial charge in [-0.15, -0.1) is 0 Å². The number of nitriles is 1. The van der Waals surface area contributed by atoms with Crippen LogP contribution >= 0.6 is 15.9 Å². The normalized spacial score (nSPS) is 9.07. The lowest BCUT2D eigenvalue weighted by Crippen LogP contribution is -2.34. The van der Waals surface area contributed by atoms with Gasteiger partial charge in [-0.1, -0.05) is 0 Å². The molecule has 0 radical (unpaired) electrons. The smallest absolute Gasteiger partial charge is 0.287 e. The maximum atomic E-state index is 11.3. The predicted octanol–water partition coefficient (Wildman–Crippen LogP) is 0.369. The third-order valence-corrected chi connectivity index (χ3v) is 1.83. The monoisotopic (exact) mass is 271 g/mol. The van der Waals surface area contributed by atoms with Crippen LogP contribution < -0.4 is 10.6 Å². The molecular formula is C8H6BrN3O3. The van der Waals surface area contributed by atoms with Crippen molar-refractivity contribution in [2.45, 2.75) is 0 Å². The SMILES string of the molecule is N#CNC(=O)CNC(=O)c1ccc(Br)o1. The van der Waals surface area contributed by atoms with E-state index in [1.54, 1.807) is 6.07 Å². The minimum absolute atomic E-state index is 0.0895. The molecule has 78 valence electrons. The van der Waals surface area contributed by atoms with Gasteiger partial charge in [0, 0.05) is 0 Å². The van der Waals surface area contributed by atoms with Crippen LogP contribution in [0.3, 0.4) is 0 Å². The Morgan fingerprint density at radius 1 is 1.53 bits per heavy atom. The molecule has 0 spiro atoms. The third kappa shape index (κ3) is 3.44. The topological polar surface area (TPSA) is 95.1 Å². The van der Waals surface area contributed by atoms with Crippen molar-refractivity contribution in [2.24, 2.45) is 0 Å². The summed E-state index contributed by atoms with van der Waals surface area (Å²) in [6.45, 7) is -0.273. The van der Waals surface area contributed by atoms with Gasteiger partial charge in [-0.05, 0) is 28.1 Å². The summed E-state index contributed by atoms with van der Waals surface area (Å²) >= 11 is 3.04. The summed E-state index contributed by atoms with van der Waals surface area (Å²) in [7, 11) is 0. The van der Waals surface area contributed by atoms with Gasteiger partial charge >= 0.3 is 0 Å². The molecule has 0 unspecified atom stereocenters. The number of nitrogens with one attached hydrogen (secondary N) is 2. The molecule has 0 aliphatic carbocycles. The summed E-state index contributed by atoms with van der Waals surface area (Å²) in [5.74, 6) is -1.02. The molecule has 7 heteroatoms. The van der Waals surface area contributed by atoms with Gasteiger partial charge in [0.15, 0.2) is 16.6 Å². The van der Waals surface area contributed by atoms with Crippen LogP contribution in [0.25, 0.3) is 0 Å². The maximum Gasteiger partial charge on any atom is 0.287 e. The molecule has 15 heavy (non-hydrogen) atoms. The van der Waals surface area contributed by atoms with Crippen LogP contribution in [-0.4, -0.2) is 18.4 Å². The third-order valence-electron chi connectivity index (χ3n) is 1.40. The summed E-state index contributed by atoms with van der Waals surface area (Å²) in [4.78, 5) is 22.1. The van der Waals surface area contributed by atoms with Crippen molar-refractivity contribution in [3.8, 4) is 6.19 Å². The molecular weight excluding hydrogens is 266 g/mol. The highest BCUT2D eigenvalue weighted by Gasteiger charge is 2.11. The van der Waals surface area contributed by atoms with Crippen LogP contribution in [0.1, 0.15) is 10.6 Å². The van der Waals surface area contributed by atoms with Gasteiger partial charge in [-0.3, -0.25) is 14.9 Å². The summed E-state index contributed by atoms with van der Waals surface area (Å²) < 4.78 is 5.37. The summed E-state index contributed by atoms with van der Waals surface area (Å²) in [5.41, 5.74) is 0. The number of amides is 2. The van der Waals surface area contributed by atoms with Crippen molar-refractivity contribution in [2.75, 3.05) is 6.54 Å². The first-order valence-corrected chi connectivity index (χ1v) is 4.64. The Bertz CT molecular complexity index is 421. The van der Waals surface area contributed by atoms with Crippen LogP contribution in [0.4, 0.5) is 0 Å². The van der Waals surface area contributed by atoms with Crippen LogP contribution in [0, 0.1) is 11.5 Å². The molecule has 0 aliphatic heterocycles. The Kier molecular flexibility index (Phi) is 3.88. The minimum Gasteiger partial charge on any atom is -0.444 e. The van der Waals surface area contributed by atoms with Crippen molar-refractivity contribution in [3.63, 3.8) is 0 Å². The Morgan fingerprint density at radius 3 is 2.80 bits per heavy atom. The highest BCUT2D eigenvalue weighted by atomic mass is 79.9. The Morgan fingerprint density at radius 2 is 2.27 bits per heavy atom. The number of carbonyl (C=O) groups is 2. The van der Waals surface area contributed by atoms with Crippen LogP contribution in [0.2, 0.25) is 0 Å². The van der Waals surface area contributed by atoms with Crippen molar-refractivity contribution in [1.29, 1.82) is 5.26 Å². The van der Waals surface area contributed by atoms with Gasteiger partial charge < -0.3 is 9.73 Å². The van der Waals surface area contributed by atoms with E-state index in [0.29, 0.717) is 4.67 Å². The van der Waals surface area contributed by atoms with E-state index in [4.69, 9.17) is 9.68 Å². The average molecular weight is 272 g/mol. The second-order valence-corrected chi connectivity index (χ2v) is 3.23. The van der Waals surface area contributed by atoms with E-state index in [-0.39, 0.29) is 12.3 Å². The molecule has 0 saturated carbocycles. The number of hydrogen-bond acceptors (Lipinski definition) is 4. The molecule has 2 N–H and O–H groups in total. The Balaban J connectivity index is 2.44. The molecule has 1 heterocycles. The lowest BCUT2D eigenvalue weighted by molar-refractivity contribution is -0.119. The zero-order valence-electron chi connectivity index (χ0n) is 7.41. The van der Waals surface area contributed by atoms with E-state index < -0.39 is 11.8 Å². The highest BCUT2D eigenvalue weighted by Crippen LogP contribution is 2.13. The van der Waals surface area contributed by atoms with E-state index in [1.807, 2.05) is 5.32 Å². The predicted molar refractivity (Wildman–Crippen MR) is 52.5 cm³/mol. The number of hydrogen-bond donors (Lipinski definition) is 2. The molecule has 0 atom stereocenters. The molecule has 0 aliphatic rings. The molecule has 2 amide bonds. The fraction of sp³-hybridized carbons (Fsp3) is 0.125. The summed E-state index contributed by atoms with van der Waals surface area (Å²) in [6.07, 6.45) is 1.45. The van der Waals surface area contributed by atoms with Gasteiger partial charge in [0.1, 0.15) is 0 Å². The van der Waals surface area contributed by atoms with Crippen molar-refractivity contribution >= 4 is 27.7 Å². The minimum atomic E-state index is -0.587. The molecule has 0 bridgehead atoms. The first-order chi connectivity index (χ1) is 7.13. The largest absolute Gasteiger partial charge is 0.444 e. The standard InChI is InChI=1S/C8H6BrN3O3/c9-6-2-1-5(15-6)8(14)11-3-7(13)12-4-10/h1-2H,3H2,(H,11,14)(H,12,13). The zero-order valence-corrected chi connectivity index (χ0v) is 9.00. The van der Waals surface area contributed by atoms with Gasteiger partial charge in [0.05, 0.1) is 6.54 Å². The fourth-order valence-corrected chi connectivity index (χ4v) is 1.10. The molecule has 1 rings (SSSR count). The molecule has 6 nitrogen and oxygen atoms in total.